The first-order valence-electron chi connectivity index (χ1n) is 6.99. The van der Waals surface area contributed by atoms with E-state index in [1.54, 1.807) is 25.3 Å². The van der Waals surface area contributed by atoms with Crippen LogP contribution in [0.1, 0.15) is 35.3 Å². The zero-order valence-electron chi connectivity index (χ0n) is 13.1. The van der Waals surface area contributed by atoms with Crippen molar-refractivity contribution in [1.82, 2.24) is 5.32 Å². The Balaban J connectivity index is 2.85. The second kappa shape index (κ2) is 8.46. The van der Waals surface area contributed by atoms with Gasteiger partial charge in [0.15, 0.2) is 0 Å². The summed E-state index contributed by atoms with van der Waals surface area (Å²) in [6, 6.07) is 5.33. The van der Waals surface area contributed by atoms with E-state index in [4.69, 9.17) is 9.84 Å². The molecule has 0 spiro atoms. The van der Waals surface area contributed by atoms with Crippen LogP contribution < -0.4 is 5.32 Å². The third-order valence-corrected chi connectivity index (χ3v) is 3.26. The normalized spacial score (nSPS) is 11.7. The van der Waals surface area contributed by atoms with Gasteiger partial charge in [0.1, 0.15) is 6.61 Å². The van der Waals surface area contributed by atoms with Crippen LogP contribution in [0.5, 0.6) is 0 Å². The number of aliphatic hydroxyl groups is 1. The molecule has 1 amide bonds. The number of carbonyl (C=O) groups excluding carboxylic acids is 1. The van der Waals surface area contributed by atoms with E-state index in [2.05, 4.69) is 17.2 Å². The summed E-state index contributed by atoms with van der Waals surface area (Å²) in [5, 5.41) is 11.7. The van der Waals surface area contributed by atoms with E-state index in [1.807, 2.05) is 20.8 Å². The number of nitrogens with one attached hydrogen (secondary N) is 1. The van der Waals surface area contributed by atoms with E-state index in [0.29, 0.717) is 18.1 Å². The van der Waals surface area contributed by atoms with E-state index in [1.165, 1.54) is 0 Å². The first kappa shape index (κ1) is 17.2. The molecule has 0 heterocycles. The van der Waals surface area contributed by atoms with Crippen molar-refractivity contribution in [2.24, 2.45) is 5.92 Å². The van der Waals surface area contributed by atoms with Crippen LogP contribution in [0.15, 0.2) is 18.2 Å². The Morgan fingerprint density at radius 3 is 2.67 bits per heavy atom. The Kier molecular flexibility index (Phi) is 6.93. The lowest BCUT2D eigenvalue weighted by Crippen LogP contribution is -2.41. The van der Waals surface area contributed by atoms with Crippen molar-refractivity contribution >= 4 is 5.91 Å². The van der Waals surface area contributed by atoms with Crippen LogP contribution in [-0.4, -0.2) is 37.4 Å². The average Bonchev–Trinajstić information content (AvgIpc) is 2.45. The number of aryl methyl sites for hydroxylation is 1. The van der Waals surface area contributed by atoms with Crippen molar-refractivity contribution in [3.05, 3.63) is 34.9 Å². The Bertz CT molecular complexity index is 541. The molecule has 1 unspecified atom stereocenters. The molecule has 0 aromatic heterocycles. The maximum atomic E-state index is 12.3. The number of methoxy groups -OCH3 is 1. The molecule has 2 N–H and O–H groups in total. The minimum atomic E-state index is -0.172. The second-order valence-electron chi connectivity index (χ2n) is 5.27. The lowest BCUT2D eigenvalue weighted by molar-refractivity contribution is 0.0866. The molecular weight excluding hydrogens is 266 g/mol. The van der Waals surface area contributed by atoms with Gasteiger partial charge >= 0.3 is 0 Å². The van der Waals surface area contributed by atoms with Crippen molar-refractivity contribution in [3.8, 4) is 11.8 Å². The van der Waals surface area contributed by atoms with Crippen LogP contribution in [-0.2, 0) is 4.74 Å². The summed E-state index contributed by atoms with van der Waals surface area (Å²) < 4.78 is 5.13. The molecule has 0 saturated heterocycles. The maximum Gasteiger partial charge on any atom is 0.251 e. The Labute approximate surface area is 126 Å². The first-order chi connectivity index (χ1) is 9.99. The SMILES string of the molecule is COCC(NC(=O)c1ccc(C#CCO)c(C)c1)C(C)C. The van der Waals surface area contributed by atoms with Crippen molar-refractivity contribution in [3.63, 3.8) is 0 Å². The predicted octanol–water partition coefficient (Wildman–Crippen LogP) is 1.74. The van der Waals surface area contributed by atoms with Crippen molar-refractivity contribution < 1.29 is 14.6 Å². The van der Waals surface area contributed by atoms with Crippen molar-refractivity contribution in [1.29, 1.82) is 0 Å². The van der Waals surface area contributed by atoms with Crippen LogP contribution in [0.25, 0.3) is 0 Å². The van der Waals surface area contributed by atoms with Crippen LogP contribution in [0, 0.1) is 24.7 Å². The Hall–Kier alpha value is -1.83. The lowest BCUT2D eigenvalue weighted by Gasteiger charge is -2.21. The number of aliphatic hydroxyl groups excluding tert-OH is 1. The van der Waals surface area contributed by atoms with Crippen LogP contribution in [0.2, 0.25) is 0 Å². The minimum absolute atomic E-state index is 0.0170. The smallest absolute Gasteiger partial charge is 0.251 e. The van der Waals surface area contributed by atoms with E-state index in [9.17, 15) is 4.79 Å². The summed E-state index contributed by atoms with van der Waals surface area (Å²) >= 11 is 0. The van der Waals surface area contributed by atoms with Gasteiger partial charge in [-0.1, -0.05) is 25.7 Å². The fourth-order valence-electron chi connectivity index (χ4n) is 1.91. The third kappa shape index (κ3) is 5.22. The number of hydrogen-bond donors (Lipinski definition) is 2. The number of benzene rings is 1. The number of amides is 1. The standard InChI is InChI=1S/C17H23NO3/c1-12(2)16(11-21-4)18-17(20)15-8-7-14(6-5-9-19)13(3)10-15/h7-8,10,12,16,19H,9,11H2,1-4H3,(H,18,20). The molecule has 4 heteroatoms. The molecule has 1 atom stereocenters. The van der Waals surface area contributed by atoms with Crippen LogP contribution in [0.3, 0.4) is 0 Å². The molecule has 0 bridgehead atoms. The highest BCUT2D eigenvalue weighted by Crippen LogP contribution is 2.11. The van der Waals surface area contributed by atoms with Gasteiger partial charge in [-0.25, -0.2) is 0 Å². The minimum Gasteiger partial charge on any atom is -0.384 e. The molecule has 1 aromatic rings. The number of hydrogen-bond acceptors (Lipinski definition) is 3. The molecule has 0 aliphatic rings. The topological polar surface area (TPSA) is 58.6 Å². The van der Waals surface area contributed by atoms with Crippen LogP contribution >= 0.6 is 0 Å². The van der Waals surface area contributed by atoms with Crippen molar-refractivity contribution in [2.45, 2.75) is 26.8 Å². The van der Waals surface area contributed by atoms with Gasteiger partial charge in [-0.3, -0.25) is 4.79 Å². The highest BCUT2D eigenvalue weighted by atomic mass is 16.5. The van der Waals surface area contributed by atoms with Gasteiger partial charge in [0, 0.05) is 18.2 Å². The molecule has 4 nitrogen and oxygen atoms in total. The van der Waals surface area contributed by atoms with Gasteiger partial charge in [-0.2, -0.15) is 0 Å². The van der Waals surface area contributed by atoms with Crippen LogP contribution in [0.4, 0.5) is 0 Å². The van der Waals surface area contributed by atoms with Gasteiger partial charge in [0.25, 0.3) is 5.91 Å². The number of ether oxygens (including phenoxy) is 1. The van der Waals surface area contributed by atoms with E-state index in [-0.39, 0.29) is 18.6 Å². The highest BCUT2D eigenvalue weighted by Gasteiger charge is 2.17. The zero-order valence-corrected chi connectivity index (χ0v) is 13.1. The van der Waals surface area contributed by atoms with E-state index < -0.39 is 0 Å². The summed E-state index contributed by atoms with van der Waals surface area (Å²) in [6.45, 7) is 6.30. The molecule has 0 fully saturated rings. The molecule has 0 radical (unpaired) electrons. The molecule has 0 aliphatic heterocycles. The van der Waals surface area contributed by atoms with Crippen molar-refractivity contribution in [2.75, 3.05) is 20.3 Å². The van der Waals surface area contributed by atoms with E-state index in [0.717, 1.165) is 11.1 Å². The molecule has 0 aliphatic carbocycles. The van der Waals surface area contributed by atoms with Gasteiger partial charge < -0.3 is 15.2 Å². The average molecular weight is 289 g/mol. The summed E-state index contributed by atoms with van der Waals surface area (Å²) in [5.74, 6) is 5.64. The highest BCUT2D eigenvalue weighted by molar-refractivity contribution is 5.94. The van der Waals surface area contributed by atoms with Gasteiger partial charge in [-0.05, 0) is 36.6 Å². The van der Waals surface area contributed by atoms with Gasteiger partial charge in [0.2, 0.25) is 0 Å². The second-order valence-corrected chi connectivity index (χ2v) is 5.27. The monoisotopic (exact) mass is 289 g/mol. The third-order valence-electron chi connectivity index (χ3n) is 3.26. The predicted molar refractivity (Wildman–Crippen MR) is 83.1 cm³/mol. The molecular formula is C17H23NO3. The Morgan fingerprint density at radius 1 is 1.43 bits per heavy atom. The molecule has 21 heavy (non-hydrogen) atoms. The summed E-state index contributed by atoms with van der Waals surface area (Å²) in [6.07, 6.45) is 0. The quantitative estimate of drug-likeness (QED) is 0.812. The zero-order chi connectivity index (χ0) is 15.8. The Morgan fingerprint density at radius 2 is 2.14 bits per heavy atom. The molecule has 1 aromatic carbocycles. The molecule has 1 rings (SSSR count). The molecule has 0 saturated carbocycles. The number of rotatable bonds is 5. The first-order valence-corrected chi connectivity index (χ1v) is 6.99. The lowest BCUT2D eigenvalue weighted by atomic mass is 10.0. The molecule has 114 valence electrons. The fourth-order valence-corrected chi connectivity index (χ4v) is 1.91. The summed E-state index contributed by atoms with van der Waals surface area (Å²) in [4.78, 5) is 12.3. The van der Waals surface area contributed by atoms with Gasteiger partial charge in [-0.15, -0.1) is 0 Å². The largest absolute Gasteiger partial charge is 0.384 e. The fraction of sp³-hybridized carbons (Fsp3) is 0.471. The maximum absolute atomic E-state index is 12.3. The van der Waals surface area contributed by atoms with Gasteiger partial charge in [0.05, 0.1) is 12.6 Å². The number of carbonyl (C=O) groups is 1. The summed E-state index contributed by atoms with van der Waals surface area (Å²) in [7, 11) is 1.63. The summed E-state index contributed by atoms with van der Waals surface area (Å²) in [5.41, 5.74) is 2.33. The van der Waals surface area contributed by atoms with E-state index >= 15 is 0 Å².